The Bertz CT molecular complexity index is 388. The summed E-state index contributed by atoms with van der Waals surface area (Å²) >= 11 is 1.67. The van der Waals surface area contributed by atoms with Crippen molar-refractivity contribution >= 4 is 17.2 Å². The van der Waals surface area contributed by atoms with E-state index in [1.54, 1.807) is 25.6 Å². The maximum Gasteiger partial charge on any atom is 0.234 e. The molecule has 0 unspecified atom stereocenters. The van der Waals surface area contributed by atoms with Crippen LogP contribution in [0.3, 0.4) is 0 Å². The van der Waals surface area contributed by atoms with Crippen LogP contribution in [0.15, 0.2) is 11.4 Å². The summed E-state index contributed by atoms with van der Waals surface area (Å²) in [7, 11) is 3.32. The summed E-state index contributed by atoms with van der Waals surface area (Å²) in [4.78, 5) is 15.2. The molecule has 0 spiro atoms. The van der Waals surface area contributed by atoms with Crippen molar-refractivity contribution in [2.75, 3.05) is 47.1 Å². The molecule has 114 valence electrons. The molecule has 0 saturated carbocycles. The molecule has 0 radical (unpaired) electrons. The SMILES string of the molecule is COCCN(CCOC)CC(=O)NCc1sccc1C. The van der Waals surface area contributed by atoms with Crippen molar-refractivity contribution < 1.29 is 14.3 Å². The fraction of sp³-hybridized carbons (Fsp3) is 0.643. The quantitative estimate of drug-likeness (QED) is 0.707. The van der Waals surface area contributed by atoms with Crippen LogP contribution in [0.2, 0.25) is 0 Å². The van der Waals surface area contributed by atoms with Crippen LogP contribution in [0.5, 0.6) is 0 Å². The highest BCUT2D eigenvalue weighted by molar-refractivity contribution is 7.10. The molecule has 0 saturated heterocycles. The van der Waals surface area contributed by atoms with Crippen molar-refractivity contribution in [1.29, 1.82) is 0 Å². The molecule has 0 aliphatic rings. The smallest absolute Gasteiger partial charge is 0.234 e. The predicted molar refractivity (Wildman–Crippen MR) is 81.1 cm³/mol. The second kappa shape index (κ2) is 9.88. The number of methoxy groups -OCH3 is 2. The zero-order valence-corrected chi connectivity index (χ0v) is 13.3. The Morgan fingerprint density at radius 2 is 1.95 bits per heavy atom. The molecule has 1 aromatic rings. The van der Waals surface area contributed by atoms with Gasteiger partial charge in [-0.05, 0) is 23.9 Å². The highest BCUT2D eigenvalue weighted by Gasteiger charge is 2.11. The molecular formula is C14H24N2O3S. The Balaban J connectivity index is 2.34. The lowest BCUT2D eigenvalue weighted by Crippen LogP contribution is -2.40. The minimum atomic E-state index is 0.0324. The molecular weight excluding hydrogens is 276 g/mol. The number of aryl methyl sites for hydroxylation is 1. The number of carbonyl (C=O) groups excluding carboxylic acids is 1. The van der Waals surface area contributed by atoms with Gasteiger partial charge in [0.2, 0.25) is 5.91 Å². The first-order valence-corrected chi connectivity index (χ1v) is 7.55. The van der Waals surface area contributed by atoms with E-state index in [-0.39, 0.29) is 5.91 Å². The van der Waals surface area contributed by atoms with E-state index < -0.39 is 0 Å². The van der Waals surface area contributed by atoms with Gasteiger partial charge in [0.25, 0.3) is 0 Å². The minimum Gasteiger partial charge on any atom is -0.383 e. The summed E-state index contributed by atoms with van der Waals surface area (Å²) in [6, 6.07) is 2.07. The summed E-state index contributed by atoms with van der Waals surface area (Å²) in [5, 5.41) is 5.00. The molecule has 0 aromatic carbocycles. The number of hydrogen-bond acceptors (Lipinski definition) is 5. The van der Waals surface area contributed by atoms with Crippen LogP contribution in [0.1, 0.15) is 10.4 Å². The zero-order valence-electron chi connectivity index (χ0n) is 12.5. The highest BCUT2D eigenvalue weighted by atomic mass is 32.1. The van der Waals surface area contributed by atoms with Crippen molar-refractivity contribution in [2.45, 2.75) is 13.5 Å². The molecule has 6 heteroatoms. The van der Waals surface area contributed by atoms with E-state index in [1.165, 1.54) is 10.4 Å². The van der Waals surface area contributed by atoms with Crippen LogP contribution in [0, 0.1) is 6.92 Å². The second-order valence-electron chi connectivity index (χ2n) is 4.57. The number of hydrogen-bond donors (Lipinski definition) is 1. The van der Waals surface area contributed by atoms with Crippen LogP contribution in [-0.2, 0) is 20.8 Å². The van der Waals surface area contributed by atoms with Gasteiger partial charge in [-0.2, -0.15) is 0 Å². The summed E-state index contributed by atoms with van der Waals surface area (Å²) in [6.07, 6.45) is 0. The van der Waals surface area contributed by atoms with Crippen LogP contribution < -0.4 is 5.32 Å². The van der Waals surface area contributed by atoms with Gasteiger partial charge in [0.05, 0.1) is 26.3 Å². The average Bonchev–Trinajstić information content (AvgIpc) is 2.85. The van der Waals surface area contributed by atoms with E-state index in [0.29, 0.717) is 26.3 Å². The molecule has 0 aliphatic heterocycles. The topological polar surface area (TPSA) is 50.8 Å². The van der Waals surface area contributed by atoms with Crippen molar-refractivity contribution in [1.82, 2.24) is 10.2 Å². The third kappa shape index (κ3) is 6.47. The number of nitrogens with zero attached hydrogens (tertiary/aromatic N) is 1. The fourth-order valence-corrected chi connectivity index (χ4v) is 2.58. The van der Waals surface area contributed by atoms with Crippen molar-refractivity contribution in [3.63, 3.8) is 0 Å². The first-order valence-electron chi connectivity index (χ1n) is 6.67. The number of ether oxygens (including phenoxy) is 2. The number of nitrogens with one attached hydrogen (secondary N) is 1. The van der Waals surface area contributed by atoms with Crippen molar-refractivity contribution in [3.8, 4) is 0 Å². The van der Waals surface area contributed by atoms with E-state index in [9.17, 15) is 4.79 Å². The first-order chi connectivity index (χ1) is 9.67. The lowest BCUT2D eigenvalue weighted by Gasteiger charge is -2.20. The van der Waals surface area contributed by atoms with Gasteiger partial charge in [-0.25, -0.2) is 0 Å². The zero-order chi connectivity index (χ0) is 14.8. The van der Waals surface area contributed by atoms with Gasteiger partial charge in [0.1, 0.15) is 0 Å². The van der Waals surface area contributed by atoms with Crippen molar-refractivity contribution in [2.24, 2.45) is 0 Å². The molecule has 5 nitrogen and oxygen atoms in total. The number of carbonyl (C=O) groups is 1. The summed E-state index contributed by atoms with van der Waals surface area (Å²) < 4.78 is 10.1. The third-order valence-electron chi connectivity index (χ3n) is 3.00. The highest BCUT2D eigenvalue weighted by Crippen LogP contribution is 2.14. The first kappa shape index (κ1) is 17.1. The molecule has 0 atom stereocenters. The number of thiophene rings is 1. The number of rotatable bonds is 10. The van der Waals surface area contributed by atoms with E-state index in [0.717, 1.165) is 13.1 Å². The Morgan fingerprint density at radius 3 is 2.45 bits per heavy atom. The Kier molecular flexibility index (Phi) is 8.45. The fourth-order valence-electron chi connectivity index (χ4n) is 1.73. The Hall–Kier alpha value is -0.950. The molecule has 20 heavy (non-hydrogen) atoms. The van der Waals surface area contributed by atoms with E-state index in [1.807, 2.05) is 10.3 Å². The van der Waals surface area contributed by atoms with Crippen LogP contribution in [-0.4, -0.2) is 57.9 Å². The lowest BCUT2D eigenvalue weighted by molar-refractivity contribution is -0.122. The lowest BCUT2D eigenvalue weighted by atomic mass is 10.3. The van der Waals surface area contributed by atoms with Gasteiger partial charge in [-0.3, -0.25) is 9.69 Å². The minimum absolute atomic E-state index is 0.0324. The molecule has 0 fully saturated rings. The van der Waals surface area contributed by atoms with Crippen LogP contribution in [0.25, 0.3) is 0 Å². The molecule has 0 aliphatic carbocycles. The Labute approximate surface area is 124 Å². The van der Waals surface area contributed by atoms with Gasteiger partial charge in [-0.15, -0.1) is 11.3 Å². The average molecular weight is 300 g/mol. The van der Waals surface area contributed by atoms with Crippen LogP contribution in [0.4, 0.5) is 0 Å². The second-order valence-corrected chi connectivity index (χ2v) is 5.57. The van der Waals surface area contributed by atoms with Crippen molar-refractivity contribution in [3.05, 3.63) is 21.9 Å². The normalized spacial score (nSPS) is 11.0. The van der Waals surface area contributed by atoms with Gasteiger partial charge in [0, 0.05) is 32.2 Å². The summed E-state index contributed by atoms with van der Waals surface area (Å²) in [5.41, 5.74) is 1.23. The molecule has 1 N–H and O–H groups in total. The monoisotopic (exact) mass is 300 g/mol. The van der Waals surface area contributed by atoms with E-state index >= 15 is 0 Å². The van der Waals surface area contributed by atoms with E-state index in [4.69, 9.17) is 9.47 Å². The number of amides is 1. The standard InChI is InChI=1S/C14H24N2O3S/c1-12-4-9-20-13(12)10-15-14(17)11-16(5-7-18-2)6-8-19-3/h4,9H,5-8,10-11H2,1-3H3,(H,15,17). The third-order valence-corrected chi connectivity index (χ3v) is 4.03. The van der Waals surface area contributed by atoms with Gasteiger partial charge >= 0.3 is 0 Å². The van der Waals surface area contributed by atoms with Gasteiger partial charge < -0.3 is 14.8 Å². The molecule has 0 bridgehead atoms. The Morgan fingerprint density at radius 1 is 1.30 bits per heavy atom. The summed E-state index contributed by atoms with van der Waals surface area (Å²) in [5.74, 6) is 0.0324. The van der Waals surface area contributed by atoms with Gasteiger partial charge in [0.15, 0.2) is 0 Å². The van der Waals surface area contributed by atoms with Crippen LogP contribution >= 0.6 is 11.3 Å². The maximum atomic E-state index is 12.0. The molecule has 1 rings (SSSR count). The largest absolute Gasteiger partial charge is 0.383 e. The molecule has 1 amide bonds. The maximum absolute atomic E-state index is 12.0. The van der Waals surface area contributed by atoms with Gasteiger partial charge in [-0.1, -0.05) is 0 Å². The van der Waals surface area contributed by atoms with E-state index in [2.05, 4.69) is 18.3 Å². The molecule has 1 aromatic heterocycles. The summed E-state index contributed by atoms with van der Waals surface area (Å²) in [6.45, 7) is 5.71. The molecule has 1 heterocycles. The predicted octanol–water partition coefficient (Wildman–Crippen LogP) is 1.27.